The highest BCUT2D eigenvalue weighted by Gasteiger charge is 2.14. The summed E-state index contributed by atoms with van der Waals surface area (Å²) >= 11 is 0. The lowest BCUT2D eigenvalue weighted by molar-refractivity contribution is -0.129. The first-order valence-electron chi connectivity index (χ1n) is 3.72. The highest BCUT2D eigenvalue weighted by molar-refractivity contribution is 6.41. The molecule has 14 heavy (non-hydrogen) atoms. The molecule has 0 aromatic carbocycles. The van der Waals surface area contributed by atoms with E-state index >= 15 is 0 Å². The highest BCUT2D eigenvalue weighted by atomic mass is 16.6. The van der Waals surface area contributed by atoms with E-state index < -0.39 is 5.97 Å². The summed E-state index contributed by atoms with van der Waals surface area (Å²) in [7, 11) is 1.26. The molecule has 0 spiro atoms. The molecule has 74 valence electrons. The van der Waals surface area contributed by atoms with Crippen molar-refractivity contribution in [2.24, 2.45) is 5.16 Å². The number of nitrogens with two attached hydrogens (primary N) is 1. The molecule has 0 fully saturated rings. The molecular formula is C8H9N3O3. The van der Waals surface area contributed by atoms with E-state index in [2.05, 4.69) is 15.0 Å². The summed E-state index contributed by atoms with van der Waals surface area (Å²) in [5, 5.41) is 12.1. The van der Waals surface area contributed by atoms with E-state index in [0.717, 1.165) is 0 Å². The van der Waals surface area contributed by atoms with Crippen molar-refractivity contribution >= 4 is 17.5 Å². The van der Waals surface area contributed by atoms with Crippen LogP contribution in [0.25, 0.3) is 0 Å². The fourth-order valence-corrected chi connectivity index (χ4v) is 0.870. The van der Waals surface area contributed by atoms with E-state index in [1.165, 1.54) is 13.2 Å². The third kappa shape index (κ3) is 2.19. The van der Waals surface area contributed by atoms with E-state index in [1.807, 2.05) is 0 Å². The van der Waals surface area contributed by atoms with Crippen molar-refractivity contribution in [2.75, 3.05) is 12.8 Å². The number of pyridine rings is 1. The number of hydrogen-bond acceptors (Lipinski definition) is 5. The molecule has 0 bridgehead atoms. The number of carboxylic acids is 1. The summed E-state index contributed by atoms with van der Waals surface area (Å²) in [5.41, 5.74) is 5.28. The molecule has 0 unspecified atom stereocenters. The van der Waals surface area contributed by atoms with Gasteiger partial charge in [0.2, 0.25) is 5.71 Å². The van der Waals surface area contributed by atoms with Crippen LogP contribution in [0.3, 0.4) is 0 Å². The van der Waals surface area contributed by atoms with Gasteiger partial charge < -0.3 is 15.7 Å². The molecule has 6 heteroatoms. The van der Waals surface area contributed by atoms with Gasteiger partial charge >= 0.3 is 5.97 Å². The molecule has 3 N–H and O–H groups in total. The summed E-state index contributed by atoms with van der Waals surface area (Å²) in [6, 6.07) is 4.63. The van der Waals surface area contributed by atoms with Gasteiger partial charge in [-0.15, -0.1) is 0 Å². The topological polar surface area (TPSA) is 97.8 Å². The number of rotatable bonds is 3. The predicted octanol–water partition coefficient (Wildman–Crippen LogP) is 0.0989. The van der Waals surface area contributed by atoms with Gasteiger partial charge in [-0.2, -0.15) is 0 Å². The predicted molar refractivity (Wildman–Crippen MR) is 49.8 cm³/mol. The van der Waals surface area contributed by atoms with Crippen LogP contribution in [0.1, 0.15) is 5.69 Å². The molecule has 1 aromatic rings. The van der Waals surface area contributed by atoms with Crippen molar-refractivity contribution in [3.63, 3.8) is 0 Å². The van der Waals surface area contributed by atoms with Crippen molar-refractivity contribution in [1.29, 1.82) is 0 Å². The smallest absolute Gasteiger partial charge is 0.360 e. The number of nitrogens with zero attached hydrogens (tertiary/aromatic N) is 2. The molecule has 0 atom stereocenters. The maximum absolute atomic E-state index is 10.7. The lowest BCUT2D eigenvalue weighted by Gasteiger charge is -2.00. The second kappa shape index (κ2) is 4.22. The largest absolute Gasteiger partial charge is 0.476 e. The van der Waals surface area contributed by atoms with Crippen LogP contribution in [0.5, 0.6) is 0 Å². The Hall–Kier alpha value is -2.11. The van der Waals surface area contributed by atoms with Gasteiger partial charge in [0.05, 0.1) is 0 Å². The van der Waals surface area contributed by atoms with Crippen LogP contribution in [0.4, 0.5) is 5.82 Å². The van der Waals surface area contributed by atoms with Crippen molar-refractivity contribution in [3.05, 3.63) is 23.9 Å². The van der Waals surface area contributed by atoms with Crippen molar-refractivity contribution in [2.45, 2.75) is 0 Å². The quantitative estimate of drug-likeness (QED) is 0.526. The zero-order chi connectivity index (χ0) is 10.6. The minimum absolute atomic E-state index is 0.166. The number of carboxylic acid groups (broad SMARTS) is 1. The second-order valence-electron chi connectivity index (χ2n) is 2.38. The van der Waals surface area contributed by atoms with Crippen LogP contribution in [0, 0.1) is 0 Å². The van der Waals surface area contributed by atoms with Crippen LogP contribution < -0.4 is 5.73 Å². The molecule has 1 rings (SSSR count). The Balaban J connectivity index is 3.12. The summed E-state index contributed by atoms with van der Waals surface area (Å²) in [6.07, 6.45) is 0. The molecule has 0 saturated carbocycles. The number of anilines is 1. The first-order chi connectivity index (χ1) is 6.65. The Morgan fingerprint density at radius 3 is 2.86 bits per heavy atom. The number of aromatic nitrogens is 1. The highest BCUT2D eigenvalue weighted by Crippen LogP contribution is 2.02. The Bertz CT molecular complexity index is 376. The van der Waals surface area contributed by atoms with Crippen molar-refractivity contribution in [3.8, 4) is 0 Å². The standard InChI is InChI=1S/C8H9N3O3/c1-14-11-7(8(12)13)5-3-2-4-6(9)10-5/h2-4H,1H3,(H2,9,10)(H,12,13)/b11-7+. The second-order valence-corrected chi connectivity index (χ2v) is 2.38. The van der Waals surface area contributed by atoms with Crippen LogP contribution in [0.2, 0.25) is 0 Å². The normalized spacial score (nSPS) is 11.1. The van der Waals surface area contributed by atoms with Gasteiger partial charge in [-0.05, 0) is 12.1 Å². The summed E-state index contributed by atoms with van der Waals surface area (Å²) in [5.74, 6) is -0.988. The summed E-state index contributed by atoms with van der Waals surface area (Å²) in [4.78, 5) is 18.9. The number of oxime groups is 1. The van der Waals surface area contributed by atoms with E-state index in [1.54, 1.807) is 12.1 Å². The van der Waals surface area contributed by atoms with Crippen LogP contribution in [-0.2, 0) is 9.63 Å². The van der Waals surface area contributed by atoms with Gasteiger partial charge in [0.15, 0.2) is 0 Å². The molecule has 0 radical (unpaired) electrons. The Kier molecular flexibility index (Phi) is 3.01. The Morgan fingerprint density at radius 1 is 1.64 bits per heavy atom. The lowest BCUT2D eigenvalue weighted by atomic mass is 10.2. The van der Waals surface area contributed by atoms with Gasteiger partial charge in [0, 0.05) is 0 Å². The van der Waals surface area contributed by atoms with Crippen LogP contribution >= 0.6 is 0 Å². The minimum Gasteiger partial charge on any atom is -0.476 e. The molecule has 1 aromatic heterocycles. The van der Waals surface area contributed by atoms with Gasteiger partial charge in [-0.3, -0.25) is 0 Å². The van der Waals surface area contributed by atoms with Gasteiger partial charge in [-0.1, -0.05) is 11.2 Å². The fourth-order valence-electron chi connectivity index (χ4n) is 0.870. The maximum atomic E-state index is 10.7. The third-order valence-corrected chi connectivity index (χ3v) is 1.40. The SMILES string of the molecule is CO/N=C(/C(=O)O)c1cccc(N)n1. The molecule has 1 heterocycles. The minimum atomic E-state index is -1.22. The molecule has 0 aliphatic heterocycles. The summed E-state index contributed by atoms with van der Waals surface area (Å²) in [6.45, 7) is 0. The van der Waals surface area contributed by atoms with Gasteiger partial charge in [0.1, 0.15) is 18.6 Å². The zero-order valence-corrected chi connectivity index (χ0v) is 7.47. The lowest BCUT2D eigenvalue weighted by Crippen LogP contribution is -2.16. The average molecular weight is 195 g/mol. The average Bonchev–Trinajstić information content (AvgIpc) is 2.13. The molecule has 0 aliphatic carbocycles. The number of aliphatic carboxylic acids is 1. The first kappa shape index (κ1) is 9.97. The third-order valence-electron chi connectivity index (χ3n) is 1.40. The Labute approximate surface area is 80.0 Å². The Morgan fingerprint density at radius 2 is 2.36 bits per heavy atom. The van der Waals surface area contributed by atoms with E-state index in [4.69, 9.17) is 10.8 Å². The fraction of sp³-hybridized carbons (Fsp3) is 0.125. The van der Waals surface area contributed by atoms with Gasteiger partial charge in [-0.25, -0.2) is 9.78 Å². The maximum Gasteiger partial charge on any atom is 0.360 e. The van der Waals surface area contributed by atoms with Crippen LogP contribution in [-0.4, -0.2) is 28.9 Å². The number of nitrogen functional groups attached to an aromatic ring is 1. The number of carbonyl (C=O) groups is 1. The molecule has 0 aliphatic rings. The summed E-state index contributed by atoms with van der Waals surface area (Å²) < 4.78 is 0. The van der Waals surface area contributed by atoms with E-state index in [-0.39, 0.29) is 17.2 Å². The molecule has 6 nitrogen and oxygen atoms in total. The molecule has 0 amide bonds. The van der Waals surface area contributed by atoms with Gasteiger partial charge in [0.25, 0.3) is 0 Å². The van der Waals surface area contributed by atoms with E-state index in [9.17, 15) is 4.79 Å². The zero-order valence-electron chi connectivity index (χ0n) is 7.47. The number of hydrogen-bond donors (Lipinski definition) is 2. The van der Waals surface area contributed by atoms with Crippen molar-refractivity contribution < 1.29 is 14.7 Å². The first-order valence-corrected chi connectivity index (χ1v) is 3.72. The van der Waals surface area contributed by atoms with Crippen molar-refractivity contribution in [1.82, 2.24) is 4.98 Å². The molecule has 0 saturated heterocycles. The monoisotopic (exact) mass is 195 g/mol. The van der Waals surface area contributed by atoms with Crippen LogP contribution in [0.15, 0.2) is 23.4 Å². The molecular weight excluding hydrogens is 186 g/mol. The van der Waals surface area contributed by atoms with E-state index in [0.29, 0.717) is 0 Å².